The molecule has 0 bridgehead atoms. The molecule has 1 atom stereocenters. The standard InChI is InChI=1S/C26H22F3N5O2S/c1-16-7-9-18(10-8-16)23-33-34-25(37-23)32-22(35)21(15-17-5-3-2-4-6-17)31-24(36)30-20-13-11-19(12-14-20)26(27,28)29/h2-14,21H,15H2,1H3,(H2,30,31,36)(H,32,34,35). The largest absolute Gasteiger partial charge is 0.416 e. The third-order valence-electron chi connectivity index (χ3n) is 5.33. The fraction of sp³-hybridized carbons (Fsp3) is 0.154. The molecule has 4 rings (SSSR count). The number of rotatable bonds is 7. The Morgan fingerprint density at radius 2 is 1.57 bits per heavy atom. The predicted molar refractivity (Wildman–Crippen MR) is 136 cm³/mol. The molecule has 0 saturated carbocycles. The van der Waals surface area contributed by atoms with E-state index in [0.717, 1.165) is 41.0 Å². The Kier molecular flexibility index (Phi) is 7.83. The number of aryl methyl sites for hydroxylation is 1. The van der Waals surface area contributed by atoms with Crippen molar-refractivity contribution in [3.05, 3.63) is 95.6 Å². The van der Waals surface area contributed by atoms with Gasteiger partial charge in [0.05, 0.1) is 5.56 Å². The minimum Gasteiger partial charge on any atom is -0.326 e. The third-order valence-corrected chi connectivity index (χ3v) is 6.22. The van der Waals surface area contributed by atoms with Crippen molar-refractivity contribution in [2.75, 3.05) is 10.6 Å². The van der Waals surface area contributed by atoms with Crippen LogP contribution in [0, 0.1) is 6.92 Å². The number of halogens is 3. The Balaban J connectivity index is 1.45. The minimum atomic E-state index is -4.48. The van der Waals surface area contributed by atoms with E-state index >= 15 is 0 Å². The van der Waals surface area contributed by atoms with Crippen molar-refractivity contribution in [3.63, 3.8) is 0 Å². The first-order valence-electron chi connectivity index (χ1n) is 11.2. The van der Waals surface area contributed by atoms with Crippen molar-refractivity contribution < 1.29 is 22.8 Å². The molecule has 4 aromatic rings. The summed E-state index contributed by atoms with van der Waals surface area (Å²) in [5.41, 5.74) is 2.08. The molecule has 0 spiro atoms. The summed E-state index contributed by atoms with van der Waals surface area (Å²) in [5.74, 6) is -0.516. The van der Waals surface area contributed by atoms with E-state index in [0.29, 0.717) is 5.01 Å². The molecule has 3 amide bonds. The van der Waals surface area contributed by atoms with Crippen LogP contribution in [0.25, 0.3) is 10.6 Å². The summed E-state index contributed by atoms with van der Waals surface area (Å²) in [5, 5.41) is 16.8. The second kappa shape index (κ2) is 11.2. The summed E-state index contributed by atoms with van der Waals surface area (Å²) < 4.78 is 38.4. The van der Waals surface area contributed by atoms with Crippen LogP contribution in [0.1, 0.15) is 16.7 Å². The average molecular weight is 526 g/mol. The number of carbonyl (C=O) groups excluding carboxylic acids is 2. The van der Waals surface area contributed by atoms with Gasteiger partial charge < -0.3 is 10.6 Å². The fourth-order valence-electron chi connectivity index (χ4n) is 3.41. The highest BCUT2D eigenvalue weighted by atomic mass is 32.1. The number of amides is 3. The monoisotopic (exact) mass is 525 g/mol. The molecular weight excluding hydrogens is 503 g/mol. The van der Waals surface area contributed by atoms with Crippen LogP contribution < -0.4 is 16.0 Å². The van der Waals surface area contributed by atoms with Crippen LogP contribution in [0.3, 0.4) is 0 Å². The number of hydrogen-bond acceptors (Lipinski definition) is 5. The van der Waals surface area contributed by atoms with Crippen LogP contribution in [0.4, 0.5) is 28.8 Å². The number of hydrogen-bond donors (Lipinski definition) is 3. The van der Waals surface area contributed by atoms with Crippen molar-refractivity contribution in [1.29, 1.82) is 0 Å². The summed E-state index contributed by atoms with van der Waals surface area (Å²) in [4.78, 5) is 25.7. The fourth-order valence-corrected chi connectivity index (χ4v) is 4.16. The third kappa shape index (κ3) is 7.14. The first-order chi connectivity index (χ1) is 17.7. The van der Waals surface area contributed by atoms with Gasteiger partial charge in [0.1, 0.15) is 11.0 Å². The van der Waals surface area contributed by atoms with Crippen molar-refractivity contribution in [2.45, 2.75) is 25.6 Å². The quantitative estimate of drug-likeness (QED) is 0.280. The molecule has 3 N–H and O–H groups in total. The number of alkyl halides is 3. The smallest absolute Gasteiger partial charge is 0.326 e. The van der Waals surface area contributed by atoms with Gasteiger partial charge in [0, 0.05) is 17.7 Å². The highest BCUT2D eigenvalue weighted by Crippen LogP contribution is 2.30. The number of nitrogens with zero attached hydrogens (tertiary/aromatic N) is 2. The van der Waals surface area contributed by atoms with E-state index in [1.165, 1.54) is 11.3 Å². The molecule has 1 heterocycles. The molecule has 0 aliphatic carbocycles. The maximum Gasteiger partial charge on any atom is 0.416 e. The zero-order valence-corrected chi connectivity index (χ0v) is 20.4. The second-order valence-electron chi connectivity index (χ2n) is 8.18. The minimum absolute atomic E-state index is 0.149. The van der Waals surface area contributed by atoms with E-state index in [4.69, 9.17) is 0 Å². The lowest BCUT2D eigenvalue weighted by molar-refractivity contribution is -0.137. The summed E-state index contributed by atoms with van der Waals surface area (Å²) in [6.07, 6.45) is -4.31. The number of nitrogens with one attached hydrogen (secondary N) is 3. The Hall–Kier alpha value is -4.25. The van der Waals surface area contributed by atoms with Crippen LogP contribution in [-0.2, 0) is 17.4 Å². The average Bonchev–Trinajstić information content (AvgIpc) is 3.33. The van der Waals surface area contributed by atoms with Gasteiger partial charge in [-0.2, -0.15) is 13.2 Å². The molecule has 3 aromatic carbocycles. The molecule has 37 heavy (non-hydrogen) atoms. The van der Waals surface area contributed by atoms with Gasteiger partial charge in [-0.25, -0.2) is 4.79 Å². The van der Waals surface area contributed by atoms with Crippen molar-refractivity contribution in [3.8, 4) is 10.6 Å². The summed E-state index contributed by atoms with van der Waals surface area (Å²) >= 11 is 1.19. The van der Waals surface area contributed by atoms with Gasteiger partial charge in [-0.15, -0.1) is 10.2 Å². The number of anilines is 2. The molecule has 190 valence electrons. The molecule has 7 nitrogen and oxygen atoms in total. The topological polar surface area (TPSA) is 96.0 Å². The van der Waals surface area contributed by atoms with E-state index in [9.17, 15) is 22.8 Å². The van der Waals surface area contributed by atoms with E-state index in [1.54, 1.807) is 0 Å². The number of benzene rings is 3. The lowest BCUT2D eigenvalue weighted by atomic mass is 10.1. The van der Waals surface area contributed by atoms with Gasteiger partial charge in [0.15, 0.2) is 0 Å². The molecular formula is C26H22F3N5O2S. The van der Waals surface area contributed by atoms with E-state index in [2.05, 4.69) is 26.1 Å². The first kappa shape index (κ1) is 25.8. The van der Waals surface area contributed by atoms with Crippen molar-refractivity contribution in [2.24, 2.45) is 0 Å². The highest BCUT2D eigenvalue weighted by molar-refractivity contribution is 7.18. The normalized spacial score (nSPS) is 12.0. The van der Waals surface area contributed by atoms with E-state index in [1.807, 2.05) is 61.5 Å². The number of aromatic nitrogens is 2. The summed E-state index contributed by atoms with van der Waals surface area (Å²) in [6, 6.07) is 19.1. The van der Waals surface area contributed by atoms with Crippen LogP contribution in [-0.4, -0.2) is 28.2 Å². The molecule has 0 aliphatic heterocycles. The van der Waals surface area contributed by atoms with Gasteiger partial charge in [-0.05, 0) is 36.8 Å². The lowest BCUT2D eigenvalue weighted by Crippen LogP contribution is -2.46. The Morgan fingerprint density at radius 1 is 0.892 bits per heavy atom. The molecule has 0 saturated heterocycles. The zero-order chi connectivity index (χ0) is 26.4. The predicted octanol–water partition coefficient (Wildman–Crippen LogP) is 5.90. The zero-order valence-electron chi connectivity index (χ0n) is 19.5. The summed E-state index contributed by atoms with van der Waals surface area (Å²) in [6.45, 7) is 1.98. The lowest BCUT2D eigenvalue weighted by Gasteiger charge is -2.18. The van der Waals surface area contributed by atoms with Gasteiger partial charge >= 0.3 is 12.2 Å². The molecule has 11 heteroatoms. The molecule has 0 fully saturated rings. The number of carbonyl (C=O) groups is 2. The van der Waals surface area contributed by atoms with Gasteiger partial charge in [0.2, 0.25) is 11.0 Å². The van der Waals surface area contributed by atoms with Gasteiger partial charge in [-0.3, -0.25) is 10.1 Å². The second-order valence-corrected chi connectivity index (χ2v) is 9.16. The highest BCUT2D eigenvalue weighted by Gasteiger charge is 2.30. The van der Waals surface area contributed by atoms with Gasteiger partial charge in [-0.1, -0.05) is 71.5 Å². The SMILES string of the molecule is Cc1ccc(-c2nnc(NC(=O)C(Cc3ccccc3)NC(=O)Nc3ccc(C(F)(F)F)cc3)s2)cc1. The van der Waals surface area contributed by atoms with E-state index < -0.39 is 29.7 Å². The maximum atomic E-state index is 13.1. The maximum absolute atomic E-state index is 13.1. The summed E-state index contributed by atoms with van der Waals surface area (Å²) in [7, 11) is 0. The van der Waals surface area contributed by atoms with Gasteiger partial charge in [0.25, 0.3) is 0 Å². The molecule has 0 radical (unpaired) electrons. The Morgan fingerprint density at radius 3 is 2.22 bits per heavy atom. The Labute approximate surface area is 214 Å². The van der Waals surface area contributed by atoms with Crippen LogP contribution in [0.15, 0.2) is 78.9 Å². The van der Waals surface area contributed by atoms with E-state index in [-0.39, 0.29) is 17.2 Å². The molecule has 1 unspecified atom stereocenters. The molecule has 0 aliphatic rings. The molecule has 1 aromatic heterocycles. The first-order valence-corrected chi connectivity index (χ1v) is 12.0. The van der Waals surface area contributed by atoms with Crippen LogP contribution in [0.5, 0.6) is 0 Å². The van der Waals surface area contributed by atoms with Crippen molar-refractivity contribution in [1.82, 2.24) is 15.5 Å². The van der Waals surface area contributed by atoms with Crippen LogP contribution in [0.2, 0.25) is 0 Å². The Bertz CT molecular complexity index is 1360. The number of urea groups is 1. The van der Waals surface area contributed by atoms with Crippen LogP contribution >= 0.6 is 11.3 Å². The van der Waals surface area contributed by atoms with Crippen molar-refractivity contribution >= 4 is 34.1 Å².